The third-order valence-electron chi connectivity index (χ3n) is 4.84. The Balaban J connectivity index is 1.52. The molecule has 1 aliphatic rings. The third kappa shape index (κ3) is 3.27. The molecule has 2 heterocycles. The molecule has 1 amide bonds. The number of fused-ring (bicyclic) bond motifs is 1. The number of aliphatic hydroxyl groups excluding tert-OH is 1. The van der Waals surface area contributed by atoms with E-state index in [9.17, 15) is 14.7 Å². The van der Waals surface area contributed by atoms with E-state index in [1.807, 2.05) is 29.6 Å². The van der Waals surface area contributed by atoms with Gasteiger partial charge < -0.3 is 10.4 Å². The zero-order valence-electron chi connectivity index (χ0n) is 14.0. The molecule has 0 aliphatic heterocycles. The van der Waals surface area contributed by atoms with Crippen molar-refractivity contribution < 1.29 is 9.90 Å². The number of aromatic nitrogens is 2. The SMILES string of the molecule is O=C(Cn1ncc2ccccc2c1=O)N[C@@H](c1cccs1)C1CC(O)C1. The monoisotopic (exact) mass is 369 g/mol. The number of hydrogen-bond donors (Lipinski definition) is 2. The number of thiophene rings is 1. The fraction of sp³-hybridized carbons (Fsp3) is 0.316. The van der Waals surface area contributed by atoms with Crippen LogP contribution in [-0.4, -0.2) is 26.9 Å². The van der Waals surface area contributed by atoms with Gasteiger partial charge in [0, 0.05) is 10.3 Å². The van der Waals surface area contributed by atoms with Crippen LogP contribution in [0.3, 0.4) is 0 Å². The molecule has 3 aromatic rings. The number of aliphatic hydroxyl groups is 1. The second kappa shape index (κ2) is 7.01. The Kier molecular flexibility index (Phi) is 4.57. The summed E-state index contributed by atoms with van der Waals surface area (Å²) >= 11 is 1.58. The summed E-state index contributed by atoms with van der Waals surface area (Å²) in [6.45, 7) is -0.124. The molecular formula is C19H19N3O3S. The molecule has 1 aromatic carbocycles. The van der Waals surface area contributed by atoms with Crippen LogP contribution in [0.15, 0.2) is 52.8 Å². The van der Waals surface area contributed by atoms with E-state index in [0.717, 1.165) is 10.3 Å². The molecule has 1 aliphatic carbocycles. The summed E-state index contributed by atoms with van der Waals surface area (Å²) in [4.78, 5) is 26.1. The molecule has 0 bridgehead atoms. The normalized spacial score (nSPS) is 20.5. The van der Waals surface area contributed by atoms with Gasteiger partial charge in [0.25, 0.3) is 5.56 Å². The molecule has 7 heteroatoms. The minimum absolute atomic E-state index is 0.124. The van der Waals surface area contributed by atoms with Crippen LogP contribution in [0.4, 0.5) is 0 Å². The molecule has 0 spiro atoms. The van der Waals surface area contributed by atoms with Gasteiger partial charge in [-0.15, -0.1) is 11.3 Å². The molecule has 0 unspecified atom stereocenters. The van der Waals surface area contributed by atoms with Gasteiger partial charge in [0.15, 0.2) is 0 Å². The molecule has 134 valence electrons. The van der Waals surface area contributed by atoms with Crippen molar-refractivity contribution >= 4 is 28.0 Å². The highest BCUT2D eigenvalue weighted by Crippen LogP contribution is 2.39. The van der Waals surface area contributed by atoms with E-state index in [1.165, 1.54) is 4.68 Å². The molecule has 0 radical (unpaired) electrons. The summed E-state index contributed by atoms with van der Waals surface area (Å²) in [6, 6.07) is 11.0. The van der Waals surface area contributed by atoms with Crippen molar-refractivity contribution in [2.45, 2.75) is 31.5 Å². The van der Waals surface area contributed by atoms with E-state index in [0.29, 0.717) is 18.2 Å². The Morgan fingerprint density at radius 3 is 2.85 bits per heavy atom. The lowest BCUT2D eigenvalue weighted by Crippen LogP contribution is -2.43. The molecule has 6 nitrogen and oxygen atoms in total. The Labute approximate surface area is 154 Å². The second-order valence-corrected chi connectivity index (χ2v) is 7.62. The summed E-state index contributed by atoms with van der Waals surface area (Å²) in [7, 11) is 0. The van der Waals surface area contributed by atoms with Crippen molar-refractivity contribution in [3.05, 3.63) is 63.2 Å². The summed E-state index contributed by atoms with van der Waals surface area (Å²) < 4.78 is 1.19. The van der Waals surface area contributed by atoms with Gasteiger partial charge in [-0.05, 0) is 36.3 Å². The van der Waals surface area contributed by atoms with Gasteiger partial charge in [0.05, 0.1) is 23.7 Å². The van der Waals surface area contributed by atoms with Gasteiger partial charge in [-0.25, -0.2) is 4.68 Å². The van der Waals surface area contributed by atoms with Gasteiger partial charge in [-0.3, -0.25) is 9.59 Å². The number of rotatable bonds is 5. The average molecular weight is 369 g/mol. The maximum atomic E-state index is 12.6. The van der Waals surface area contributed by atoms with Crippen LogP contribution in [0.5, 0.6) is 0 Å². The van der Waals surface area contributed by atoms with E-state index in [2.05, 4.69) is 10.4 Å². The smallest absolute Gasteiger partial charge is 0.275 e. The Bertz CT molecular complexity index is 977. The highest BCUT2D eigenvalue weighted by molar-refractivity contribution is 7.10. The van der Waals surface area contributed by atoms with Crippen molar-refractivity contribution in [1.29, 1.82) is 0 Å². The van der Waals surface area contributed by atoms with E-state index < -0.39 is 0 Å². The summed E-state index contributed by atoms with van der Waals surface area (Å²) in [5.74, 6) is -0.0384. The summed E-state index contributed by atoms with van der Waals surface area (Å²) in [6.07, 6.45) is 2.67. The number of hydrogen-bond acceptors (Lipinski definition) is 5. The number of nitrogens with one attached hydrogen (secondary N) is 1. The number of carbonyl (C=O) groups excluding carboxylic acids is 1. The van der Waals surface area contributed by atoms with E-state index >= 15 is 0 Å². The number of amides is 1. The predicted molar refractivity (Wildman–Crippen MR) is 99.9 cm³/mol. The maximum absolute atomic E-state index is 12.6. The lowest BCUT2D eigenvalue weighted by molar-refractivity contribution is -0.123. The zero-order chi connectivity index (χ0) is 18.1. The van der Waals surface area contributed by atoms with Crippen LogP contribution in [0.25, 0.3) is 10.8 Å². The molecule has 2 N–H and O–H groups in total. The summed E-state index contributed by atoms with van der Waals surface area (Å²) in [5, 5.41) is 20.0. The Hall–Kier alpha value is -2.51. The first-order valence-electron chi connectivity index (χ1n) is 8.57. The predicted octanol–water partition coefficient (Wildman–Crippen LogP) is 2.09. The van der Waals surface area contributed by atoms with E-state index in [-0.39, 0.29) is 36.1 Å². The molecule has 1 fully saturated rings. The topological polar surface area (TPSA) is 84.2 Å². The van der Waals surface area contributed by atoms with Gasteiger partial charge in [-0.1, -0.05) is 24.3 Å². The number of nitrogens with zero attached hydrogens (tertiary/aromatic N) is 2. The van der Waals surface area contributed by atoms with Crippen LogP contribution in [0.2, 0.25) is 0 Å². The minimum Gasteiger partial charge on any atom is -0.393 e. The van der Waals surface area contributed by atoms with Crippen LogP contribution in [0.1, 0.15) is 23.8 Å². The fourth-order valence-electron chi connectivity index (χ4n) is 3.39. The van der Waals surface area contributed by atoms with Crippen molar-refractivity contribution in [2.24, 2.45) is 5.92 Å². The molecule has 0 saturated heterocycles. The number of carbonyl (C=O) groups is 1. The number of benzene rings is 1. The van der Waals surface area contributed by atoms with Crippen molar-refractivity contribution in [2.75, 3.05) is 0 Å². The minimum atomic E-state index is -0.288. The standard InChI is InChI=1S/C19H19N3O3S/c23-14-8-13(9-14)18(16-6-3-7-26-16)21-17(24)11-22-19(25)15-5-2-1-4-12(15)10-20-22/h1-7,10,13-14,18,23H,8-9,11H2,(H,21,24)/t13?,14?,18-/m1/s1. The highest BCUT2D eigenvalue weighted by Gasteiger charge is 2.36. The van der Waals surface area contributed by atoms with Crippen LogP contribution < -0.4 is 10.9 Å². The van der Waals surface area contributed by atoms with Gasteiger partial charge in [0.2, 0.25) is 5.91 Å². The van der Waals surface area contributed by atoms with Crippen molar-refractivity contribution in [3.63, 3.8) is 0 Å². The quantitative estimate of drug-likeness (QED) is 0.721. The van der Waals surface area contributed by atoms with Crippen LogP contribution in [-0.2, 0) is 11.3 Å². The van der Waals surface area contributed by atoms with Crippen molar-refractivity contribution in [1.82, 2.24) is 15.1 Å². The zero-order valence-corrected chi connectivity index (χ0v) is 14.9. The fourth-order valence-corrected chi connectivity index (χ4v) is 4.26. The van der Waals surface area contributed by atoms with Crippen LogP contribution in [0, 0.1) is 5.92 Å². The third-order valence-corrected chi connectivity index (χ3v) is 5.80. The molecule has 4 rings (SSSR count). The first-order chi connectivity index (χ1) is 12.6. The Morgan fingerprint density at radius 2 is 2.12 bits per heavy atom. The Morgan fingerprint density at radius 1 is 1.31 bits per heavy atom. The van der Waals surface area contributed by atoms with E-state index in [1.54, 1.807) is 29.7 Å². The summed E-state index contributed by atoms with van der Waals surface area (Å²) in [5.41, 5.74) is -0.273. The van der Waals surface area contributed by atoms with Gasteiger partial charge in [0.1, 0.15) is 6.54 Å². The van der Waals surface area contributed by atoms with E-state index in [4.69, 9.17) is 0 Å². The average Bonchev–Trinajstić information content (AvgIpc) is 3.14. The molecular weight excluding hydrogens is 350 g/mol. The first kappa shape index (κ1) is 16.9. The lowest BCUT2D eigenvalue weighted by atomic mass is 9.77. The lowest BCUT2D eigenvalue weighted by Gasteiger charge is -2.37. The van der Waals surface area contributed by atoms with Crippen LogP contribution >= 0.6 is 11.3 Å². The molecule has 1 atom stereocenters. The van der Waals surface area contributed by atoms with Gasteiger partial charge in [-0.2, -0.15) is 5.10 Å². The molecule has 2 aromatic heterocycles. The molecule has 26 heavy (non-hydrogen) atoms. The molecule has 1 saturated carbocycles. The second-order valence-electron chi connectivity index (χ2n) is 6.64. The van der Waals surface area contributed by atoms with Gasteiger partial charge >= 0.3 is 0 Å². The van der Waals surface area contributed by atoms with Crippen molar-refractivity contribution in [3.8, 4) is 0 Å². The maximum Gasteiger partial charge on any atom is 0.275 e. The largest absolute Gasteiger partial charge is 0.393 e. The highest BCUT2D eigenvalue weighted by atomic mass is 32.1. The first-order valence-corrected chi connectivity index (χ1v) is 9.45.